The topological polar surface area (TPSA) is 26.0 Å². The number of hydrogen-bond donors (Lipinski definition) is 1. The van der Waals surface area contributed by atoms with Crippen LogP contribution in [0.1, 0.15) is 24.3 Å². The molecule has 2 rings (SSSR count). The van der Waals surface area contributed by atoms with Crippen LogP contribution in [-0.4, -0.2) is 6.54 Å². The third kappa shape index (κ3) is 1.64. The highest BCUT2D eigenvalue weighted by molar-refractivity contribution is 6.30. The molecule has 2 atom stereocenters. The number of nitrogens with two attached hydrogens (primary N) is 1. The van der Waals surface area contributed by atoms with Crippen LogP contribution in [0.25, 0.3) is 0 Å². The standard InChI is InChI=1S/C11H13ClFN/c12-8-2-4-10(11(13)5-8)9-3-1-7(9)6-14/h2,4-5,7,9H,1,3,6,14H2. The van der Waals surface area contributed by atoms with E-state index in [1.54, 1.807) is 12.1 Å². The second-order valence-electron chi connectivity index (χ2n) is 3.85. The van der Waals surface area contributed by atoms with Crippen molar-refractivity contribution in [1.29, 1.82) is 0 Å². The van der Waals surface area contributed by atoms with Crippen molar-refractivity contribution in [1.82, 2.24) is 0 Å². The molecule has 1 aliphatic carbocycles. The molecule has 14 heavy (non-hydrogen) atoms. The summed E-state index contributed by atoms with van der Waals surface area (Å²) in [5.74, 6) is 0.559. The zero-order valence-corrected chi connectivity index (χ0v) is 8.60. The van der Waals surface area contributed by atoms with E-state index in [0.717, 1.165) is 18.4 Å². The highest BCUT2D eigenvalue weighted by Crippen LogP contribution is 2.42. The SMILES string of the molecule is NCC1CCC1c1ccc(Cl)cc1F. The molecule has 1 aliphatic rings. The Hall–Kier alpha value is -0.600. The molecular formula is C11H13ClFN. The normalized spacial score (nSPS) is 25.9. The number of halogens is 2. The Labute approximate surface area is 88.1 Å². The fraction of sp³-hybridized carbons (Fsp3) is 0.455. The summed E-state index contributed by atoms with van der Waals surface area (Å²) in [5.41, 5.74) is 6.37. The maximum atomic E-state index is 13.5. The van der Waals surface area contributed by atoms with Crippen LogP contribution in [-0.2, 0) is 0 Å². The maximum absolute atomic E-state index is 13.5. The average Bonchev–Trinajstić information content (AvgIpc) is 2.08. The van der Waals surface area contributed by atoms with Crippen molar-refractivity contribution < 1.29 is 4.39 Å². The zero-order valence-electron chi connectivity index (χ0n) is 7.84. The summed E-state index contributed by atoms with van der Waals surface area (Å²) in [7, 11) is 0. The minimum Gasteiger partial charge on any atom is -0.330 e. The molecule has 0 aromatic heterocycles. The van der Waals surface area contributed by atoms with Gasteiger partial charge in [-0.25, -0.2) is 4.39 Å². The first kappa shape index (κ1) is 9.94. The molecule has 1 aromatic carbocycles. The molecule has 0 amide bonds. The molecular weight excluding hydrogens is 201 g/mol. The van der Waals surface area contributed by atoms with E-state index in [2.05, 4.69) is 0 Å². The van der Waals surface area contributed by atoms with Gasteiger partial charge >= 0.3 is 0 Å². The monoisotopic (exact) mass is 213 g/mol. The van der Waals surface area contributed by atoms with Gasteiger partial charge in [0.15, 0.2) is 0 Å². The third-order valence-electron chi connectivity index (χ3n) is 3.08. The van der Waals surface area contributed by atoms with E-state index in [9.17, 15) is 4.39 Å². The lowest BCUT2D eigenvalue weighted by Gasteiger charge is -2.36. The van der Waals surface area contributed by atoms with Gasteiger partial charge in [-0.1, -0.05) is 17.7 Å². The lowest BCUT2D eigenvalue weighted by atomic mass is 9.70. The molecule has 0 heterocycles. The van der Waals surface area contributed by atoms with Crippen LogP contribution < -0.4 is 5.73 Å². The van der Waals surface area contributed by atoms with Crippen LogP contribution in [0.15, 0.2) is 18.2 Å². The minimum atomic E-state index is -0.194. The van der Waals surface area contributed by atoms with Gasteiger partial charge in [-0.2, -0.15) is 0 Å². The summed E-state index contributed by atoms with van der Waals surface area (Å²) in [5, 5.41) is 0.454. The van der Waals surface area contributed by atoms with Crippen molar-refractivity contribution in [3.05, 3.63) is 34.6 Å². The molecule has 2 N–H and O–H groups in total. The summed E-state index contributed by atoms with van der Waals surface area (Å²) in [6.07, 6.45) is 2.16. The second-order valence-corrected chi connectivity index (χ2v) is 4.28. The molecule has 1 fully saturated rings. The van der Waals surface area contributed by atoms with E-state index in [1.807, 2.05) is 0 Å². The van der Waals surface area contributed by atoms with E-state index in [4.69, 9.17) is 17.3 Å². The van der Waals surface area contributed by atoms with Gasteiger partial charge in [0.1, 0.15) is 5.82 Å². The quantitative estimate of drug-likeness (QED) is 0.803. The summed E-state index contributed by atoms with van der Waals surface area (Å²) < 4.78 is 13.5. The third-order valence-corrected chi connectivity index (χ3v) is 3.32. The van der Waals surface area contributed by atoms with Crippen LogP contribution in [0.3, 0.4) is 0 Å². The molecule has 1 nitrogen and oxygen atoms in total. The van der Waals surface area contributed by atoms with Crippen LogP contribution in [0.2, 0.25) is 5.02 Å². The molecule has 0 bridgehead atoms. The Balaban J connectivity index is 2.24. The fourth-order valence-electron chi connectivity index (χ4n) is 2.06. The lowest BCUT2D eigenvalue weighted by molar-refractivity contribution is 0.257. The molecule has 3 heteroatoms. The zero-order chi connectivity index (χ0) is 10.1. The van der Waals surface area contributed by atoms with Crippen LogP contribution in [0, 0.1) is 11.7 Å². The van der Waals surface area contributed by atoms with E-state index in [-0.39, 0.29) is 5.82 Å². The Morgan fingerprint density at radius 2 is 2.21 bits per heavy atom. The van der Waals surface area contributed by atoms with Crippen molar-refractivity contribution >= 4 is 11.6 Å². The Morgan fingerprint density at radius 3 is 2.71 bits per heavy atom. The number of hydrogen-bond acceptors (Lipinski definition) is 1. The Bertz CT molecular complexity index is 338. The Kier molecular flexibility index (Phi) is 2.75. The van der Waals surface area contributed by atoms with E-state index in [1.165, 1.54) is 6.07 Å². The largest absolute Gasteiger partial charge is 0.330 e. The molecule has 1 aromatic rings. The van der Waals surface area contributed by atoms with Gasteiger partial charge in [-0.05, 0) is 48.9 Å². The van der Waals surface area contributed by atoms with E-state index >= 15 is 0 Å². The molecule has 1 saturated carbocycles. The number of benzene rings is 1. The first-order valence-electron chi connectivity index (χ1n) is 4.87. The predicted octanol–water partition coefficient (Wildman–Crippen LogP) is 2.93. The molecule has 76 valence electrons. The maximum Gasteiger partial charge on any atom is 0.128 e. The van der Waals surface area contributed by atoms with Crippen molar-refractivity contribution in [2.24, 2.45) is 11.7 Å². The second kappa shape index (κ2) is 3.87. The van der Waals surface area contributed by atoms with Gasteiger partial charge in [-0.3, -0.25) is 0 Å². The summed E-state index contributed by atoms with van der Waals surface area (Å²) in [4.78, 5) is 0. The van der Waals surface area contributed by atoms with Gasteiger partial charge < -0.3 is 5.73 Å². The Morgan fingerprint density at radius 1 is 1.43 bits per heavy atom. The fourth-order valence-corrected chi connectivity index (χ4v) is 2.22. The first-order chi connectivity index (χ1) is 6.72. The molecule has 0 spiro atoms. The van der Waals surface area contributed by atoms with Crippen molar-refractivity contribution in [2.45, 2.75) is 18.8 Å². The number of rotatable bonds is 2. The highest BCUT2D eigenvalue weighted by Gasteiger charge is 2.32. The molecule has 2 unspecified atom stereocenters. The van der Waals surface area contributed by atoms with Gasteiger partial charge in [0.2, 0.25) is 0 Å². The van der Waals surface area contributed by atoms with Crippen LogP contribution in [0.5, 0.6) is 0 Å². The summed E-state index contributed by atoms with van der Waals surface area (Å²) in [6.45, 7) is 0.646. The smallest absolute Gasteiger partial charge is 0.128 e. The summed E-state index contributed by atoms with van der Waals surface area (Å²) in [6, 6.07) is 4.90. The van der Waals surface area contributed by atoms with Gasteiger partial charge in [-0.15, -0.1) is 0 Å². The van der Waals surface area contributed by atoms with E-state index in [0.29, 0.717) is 23.4 Å². The van der Waals surface area contributed by atoms with E-state index < -0.39 is 0 Å². The molecule has 0 aliphatic heterocycles. The van der Waals surface area contributed by atoms with Crippen LogP contribution >= 0.6 is 11.6 Å². The van der Waals surface area contributed by atoms with Gasteiger partial charge in [0.25, 0.3) is 0 Å². The van der Waals surface area contributed by atoms with Crippen molar-refractivity contribution in [3.63, 3.8) is 0 Å². The molecule has 0 saturated heterocycles. The minimum absolute atomic E-state index is 0.194. The van der Waals surface area contributed by atoms with Crippen molar-refractivity contribution in [3.8, 4) is 0 Å². The summed E-state index contributed by atoms with van der Waals surface area (Å²) >= 11 is 5.69. The highest BCUT2D eigenvalue weighted by atomic mass is 35.5. The van der Waals surface area contributed by atoms with Gasteiger partial charge in [0.05, 0.1) is 0 Å². The average molecular weight is 214 g/mol. The lowest BCUT2D eigenvalue weighted by Crippen LogP contribution is -2.31. The van der Waals surface area contributed by atoms with Gasteiger partial charge in [0, 0.05) is 5.02 Å². The predicted molar refractivity (Wildman–Crippen MR) is 55.9 cm³/mol. The molecule has 0 radical (unpaired) electrons. The van der Waals surface area contributed by atoms with Crippen LogP contribution in [0.4, 0.5) is 4.39 Å². The first-order valence-corrected chi connectivity index (χ1v) is 5.25. The van der Waals surface area contributed by atoms with Crippen molar-refractivity contribution in [2.75, 3.05) is 6.54 Å².